The van der Waals surface area contributed by atoms with Crippen molar-refractivity contribution in [2.45, 2.75) is 19.0 Å². The Hall–Kier alpha value is -1.90. The summed E-state index contributed by atoms with van der Waals surface area (Å²) in [5, 5.41) is 6.76. The molecule has 2 aromatic rings. The van der Waals surface area contributed by atoms with Crippen LogP contribution in [0, 0.1) is 0 Å². The molecule has 0 radical (unpaired) electrons. The van der Waals surface area contributed by atoms with Gasteiger partial charge in [-0.15, -0.1) is 24.0 Å². The smallest absolute Gasteiger partial charge is 0.191 e. The number of hydrogen-bond acceptors (Lipinski definition) is 4. The molecule has 1 unspecified atom stereocenters. The topological polar surface area (TPSA) is 62.0 Å². The van der Waals surface area contributed by atoms with Crippen LogP contribution in [-0.4, -0.2) is 39.2 Å². The SMILES string of the molecule is CN=C(NCc1ccco1)NC1CCN(c2cccc(OC)c2)C1.I. The second kappa shape index (κ2) is 9.55. The molecule has 0 spiro atoms. The molecule has 1 aromatic carbocycles. The first-order valence-corrected chi connectivity index (χ1v) is 8.17. The molecule has 1 aliphatic rings. The number of rotatable bonds is 5. The predicted octanol–water partition coefficient (Wildman–Crippen LogP) is 2.85. The average molecular weight is 456 g/mol. The minimum absolute atomic E-state index is 0. The first-order chi connectivity index (χ1) is 11.8. The molecule has 1 fully saturated rings. The van der Waals surface area contributed by atoms with E-state index in [4.69, 9.17) is 9.15 Å². The molecule has 0 aliphatic carbocycles. The molecule has 2 N–H and O–H groups in total. The third kappa shape index (κ3) is 5.29. The van der Waals surface area contributed by atoms with E-state index in [-0.39, 0.29) is 24.0 Å². The van der Waals surface area contributed by atoms with E-state index in [1.54, 1.807) is 20.4 Å². The highest BCUT2D eigenvalue weighted by molar-refractivity contribution is 14.0. The number of guanidine groups is 1. The molecule has 25 heavy (non-hydrogen) atoms. The van der Waals surface area contributed by atoms with Crippen LogP contribution >= 0.6 is 24.0 Å². The van der Waals surface area contributed by atoms with Crippen molar-refractivity contribution in [1.29, 1.82) is 0 Å². The molecule has 1 aliphatic heterocycles. The van der Waals surface area contributed by atoms with E-state index >= 15 is 0 Å². The van der Waals surface area contributed by atoms with Crippen LogP contribution in [0.25, 0.3) is 0 Å². The van der Waals surface area contributed by atoms with Crippen molar-refractivity contribution in [1.82, 2.24) is 10.6 Å². The number of nitrogens with zero attached hydrogens (tertiary/aromatic N) is 2. The maximum atomic E-state index is 5.33. The van der Waals surface area contributed by atoms with Gasteiger partial charge >= 0.3 is 0 Å². The Labute approximate surface area is 165 Å². The van der Waals surface area contributed by atoms with Crippen LogP contribution in [0.4, 0.5) is 5.69 Å². The molecular formula is C18H25IN4O2. The number of ether oxygens (including phenoxy) is 1. The van der Waals surface area contributed by atoms with Gasteiger partial charge in [0, 0.05) is 37.9 Å². The van der Waals surface area contributed by atoms with Crippen LogP contribution in [0.5, 0.6) is 5.75 Å². The second-order valence-corrected chi connectivity index (χ2v) is 5.78. The van der Waals surface area contributed by atoms with Crippen LogP contribution in [0.3, 0.4) is 0 Å². The number of benzene rings is 1. The van der Waals surface area contributed by atoms with Crippen LogP contribution in [0.2, 0.25) is 0 Å². The highest BCUT2D eigenvalue weighted by Gasteiger charge is 2.23. The van der Waals surface area contributed by atoms with Crippen molar-refractivity contribution in [3.8, 4) is 5.75 Å². The standard InChI is InChI=1S/C18H24N4O2.HI/c1-19-18(20-12-17-7-4-10-24-17)21-14-8-9-22(13-14)15-5-3-6-16(11-15)23-2;/h3-7,10-11,14H,8-9,12-13H2,1-2H3,(H2,19,20,21);1H. The molecular weight excluding hydrogens is 431 g/mol. The summed E-state index contributed by atoms with van der Waals surface area (Å²) in [6, 6.07) is 12.4. The van der Waals surface area contributed by atoms with Crippen molar-refractivity contribution in [3.05, 3.63) is 48.4 Å². The van der Waals surface area contributed by atoms with Crippen molar-refractivity contribution in [3.63, 3.8) is 0 Å². The number of anilines is 1. The molecule has 0 bridgehead atoms. The highest BCUT2D eigenvalue weighted by atomic mass is 127. The molecule has 1 atom stereocenters. The molecule has 2 heterocycles. The predicted molar refractivity (Wildman–Crippen MR) is 111 cm³/mol. The normalized spacial score (nSPS) is 17.1. The summed E-state index contributed by atoms with van der Waals surface area (Å²) >= 11 is 0. The Kier molecular flexibility index (Phi) is 7.42. The van der Waals surface area contributed by atoms with Gasteiger partial charge in [0.25, 0.3) is 0 Å². The van der Waals surface area contributed by atoms with Crippen molar-refractivity contribution < 1.29 is 9.15 Å². The lowest BCUT2D eigenvalue weighted by atomic mass is 10.2. The molecule has 7 heteroatoms. The van der Waals surface area contributed by atoms with E-state index in [1.165, 1.54) is 5.69 Å². The van der Waals surface area contributed by atoms with Crippen LogP contribution < -0.4 is 20.3 Å². The molecule has 1 saturated heterocycles. The van der Waals surface area contributed by atoms with Gasteiger partial charge in [-0.1, -0.05) is 6.07 Å². The summed E-state index contributed by atoms with van der Waals surface area (Å²) in [5.41, 5.74) is 1.19. The summed E-state index contributed by atoms with van der Waals surface area (Å²) in [5.74, 6) is 2.58. The van der Waals surface area contributed by atoms with Gasteiger partial charge in [-0.25, -0.2) is 0 Å². The Balaban J connectivity index is 0.00000225. The highest BCUT2D eigenvalue weighted by Crippen LogP contribution is 2.24. The van der Waals surface area contributed by atoms with Crippen LogP contribution in [0.1, 0.15) is 12.2 Å². The number of methoxy groups -OCH3 is 1. The van der Waals surface area contributed by atoms with Crippen molar-refractivity contribution >= 4 is 35.6 Å². The lowest BCUT2D eigenvalue weighted by Crippen LogP contribution is -2.44. The van der Waals surface area contributed by atoms with Gasteiger partial charge in [-0.05, 0) is 30.7 Å². The van der Waals surface area contributed by atoms with Gasteiger partial charge in [0.15, 0.2) is 5.96 Å². The number of furan rings is 1. The minimum Gasteiger partial charge on any atom is -0.497 e. The monoisotopic (exact) mass is 456 g/mol. The molecule has 1 aromatic heterocycles. The zero-order chi connectivity index (χ0) is 16.8. The minimum atomic E-state index is 0. The van der Waals surface area contributed by atoms with Gasteiger partial charge in [-0.3, -0.25) is 4.99 Å². The third-order valence-corrected chi connectivity index (χ3v) is 4.18. The molecule has 0 amide bonds. The number of hydrogen-bond donors (Lipinski definition) is 2. The van der Waals surface area contributed by atoms with Gasteiger partial charge in [-0.2, -0.15) is 0 Å². The lowest BCUT2D eigenvalue weighted by Gasteiger charge is -2.20. The Morgan fingerprint density at radius 3 is 2.96 bits per heavy atom. The zero-order valence-corrected chi connectivity index (χ0v) is 16.9. The summed E-state index contributed by atoms with van der Waals surface area (Å²) < 4.78 is 10.6. The molecule has 6 nitrogen and oxygen atoms in total. The fraction of sp³-hybridized carbons (Fsp3) is 0.389. The summed E-state index contributed by atoms with van der Waals surface area (Å²) in [7, 11) is 3.48. The fourth-order valence-corrected chi connectivity index (χ4v) is 2.89. The fourth-order valence-electron chi connectivity index (χ4n) is 2.89. The lowest BCUT2D eigenvalue weighted by molar-refractivity contribution is 0.415. The van der Waals surface area contributed by atoms with Gasteiger partial charge in [0.05, 0.1) is 19.9 Å². The van der Waals surface area contributed by atoms with E-state index in [9.17, 15) is 0 Å². The quantitative estimate of drug-likeness (QED) is 0.412. The van der Waals surface area contributed by atoms with E-state index < -0.39 is 0 Å². The summed E-state index contributed by atoms with van der Waals surface area (Å²) in [4.78, 5) is 6.65. The summed E-state index contributed by atoms with van der Waals surface area (Å²) in [6.45, 7) is 2.58. The molecule has 3 rings (SSSR count). The van der Waals surface area contributed by atoms with Gasteiger partial charge in [0.1, 0.15) is 11.5 Å². The van der Waals surface area contributed by atoms with Crippen molar-refractivity contribution in [2.24, 2.45) is 4.99 Å². The number of aliphatic imine (C=N–C) groups is 1. The van der Waals surface area contributed by atoms with Crippen molar-refractivity contribution in [2.75, 3.05) is 32.1 Å². The number of nitrogens with one attached hydrogen (secondary N) is 2. The van der Waals surface area contributed by atoms with E-state index in [0.29, 0.717) is 12.6 Å². The second-order valence-electron chi connectivity index (χ2n) is 5.78. The van der Waals surface area contributed by atoms with E-state index in [2.05, 4.69) is 32.7 Å². The summed E-state index contributed by atoms with van der Waals surface area (Å²) in [6.07, 6.45) is 2.74. The maximum absolute atomic E-state index is 5.33. The molecule has 0 saturated carbocycles. The molecule has 136 valence electrons. The van der Waals surface area contributed by atoms with Gasteiger partial charge in [0.2, 0.25) is 0 Å². The largest absolute Gasteiger partial charge is 0.497 e. The van der Waals surface area contributed by atoms with E-state index in [0.717, 1.165) is 37.0 Å². The van der Waals surface area contributed by atoms with Gasteiger partial charge < -0.3 is 24.7 Å². The van der Waals surface area contributed by atoms with Crippen LogP contribution in [-0.2, 0) is 6.54 Å². The first kappa shape index (κ1) is 19.4. The third-order valence-electron chi connectivity index (χ3n) is 4.18. The Bertz CT molecular complexity index is 675. The number of halogens is 1. The van der Waals surface area contributed by atoms with Crippen LogP contribution in [0.15, 0.2) is 52.1 Å². The maximum Gasteiger partial charge on any atom is 0.191 e. The zero-order valence-electron chi connectivity index (χ0n) is 14.6. The van der Waals surface area contributed by atoms with E-state index in [1.807, 2.05) is 24.3 Å². The first-order valence-electron chi connectivity index (χ1n) is 8.17. The Morgan fingerprint density at radius 2 is 2.24 bits per heavy atom. The Morgan fingerprint density at radius 1 is 1.36 bits per heavy atom. The average Bonchev–Trinajstić information content (AvgIpc) is 3.30.